The fourth-order valence-corrected chi connectivity index (χ4v) is 2.14. The van der Waals surface area contributed by atoms with Gasteiger partial charge < -0.3 is 20.1 Å². The Hall–Kier alpha value is -2.24. The molecule has 1 aliphatic rings. The first kappa shape index (κ1) is 13.2. The number of hydrogen-bond donors (Lipinski definition) is 1. The Labute approximate surface area is 111 Å². The highest BCUT2D eigenvalue weighted by molar-refractivity contribution is 6.00. The summed E-state index contributed by atoms with van der Waals surface area (Å²) in [7, 11) is 3.07. The number of carbonyl (C=O) groups is 2. The van der Waals surface area contributed by atoms with Crippen molar-refractivity contribution in [3.8, 4) is 11.5 Å². The van der Waals surface area contributed by atoms with Crippen LogP contribution >= 0.6 is 0 Å². The van der Waals surface area contributed by atoms with E-state index in [-0.39, 0.29) is 12.3 Å². The van der Waals surface area contributed by atoms with E-state index in [0.29, 0.717) is 23.7 Å². The van der Waals surface area contributed by atoms with E-state index in [1.165, 1.54) is 12.0 Å². The van der Waals surface area contributed by atoms with Crippen LogP contribution in [0.3, 0.4) is 0 Å². The molecule has 1 unspecified atom stereocenters. The minimum Gasteiger partial charge on any atom is -0.493 e. The van der Waals surface area contributed by atoms with Gasteiger partial charge in [-0.25, -0.2) is 0 Å². The number of nitrogens with zero attached hydrogens (tertiary/aromatic N) is 1. The van der Waals surface area contributed by atoms with Crippen molar-refractivity contribution in [2.45, 2.75) is 6.42 Å². The summed E-state index contributed by atoms with van der Waals surface area (Å²) in [6, 6.07) is 5.18. The average molecular weight is 264 g/mol. The fraction of sp³-hybridized carbons (Fsp3) is 0.385. The fourth-order valence-electron chi connectivity index (χ4n) is 2.14. The molecule has 0 aliphatic carbocycles. The number of amides is 2. The normalized spacial score (nSPS) is 18.5. The molecule has 0 radical (unpaired) electrons. The molecular formula is C13H16N2O4. The van der Waals surface area contributed by atoms with Crippen LogP contribution in [-0.2, 0) is 9.59 Å². The lowest BCUT2D eigenvalue weighted by Gasteiger charge is -2.18. The molecule has 2 amide bonds. The summed E-state index contributed by atoms with van der Waals surface area (Å²) in [6.07, 6.45) is 0.156. The number of anilines is 1. The third kappa shape index (κ3) is 2.47. The van der Waals surface area contributed by atoms with Gasteiger partial charge in [0.2, 0.25) is 11.8 Å². The first-order valence-electron chi connectivity index (χ1n) is 5.88. The molecule has 1 aliphatic heterocycles. The minimum atomic E-state index is -0.448. The summed E-state index contributed by atoms with van der Waals surface area (Å²) in [5, 5.41) is 0. The maximum atomic E-state index is 11.9. The first-order valence-corrected chi connectivity index (χ1v) is 5.88. The van der Waals surface area contributed by atoms with E-state index < -0.39 is 11.8 Å². The van der Waals surface area contributed by atoms with Crippen LogP contribution in [0.2, 0.25) is 0 Å². The molecule has 1 heterocycles. The zero-order chi connectivity index (χ0) is 14.0. The van der Waals surface area contributed by atoms with Crippen LogP contribution in [0.4, 0.5) is 5.69 Å². The molecule has 0 spiro atoms. The quantitative estimate of drug-likeness (QED) is 0.860. The molecule has 0 aromatic heterocycles. The minimum absolute atomic E-state index is 0.115. The molecule has 1 aromatic rings. The van der Waals surface area contributed by atoms with Crippen molar-refractivity contribution in [2.24, 2.45) is 11.7 Å². The predicted octanol–water partition coefficient (Wildman–Crippen LogP) is 0.542. The SMILES string of the molecule is COc1ccc(N2CC(C(N)=O)CC2=O)cc1OC. The van der Waals surface area contributed by atoms with Gasteiger partial charge in [-0.15, -0.1) is 0 Å². The molecule has 6 nitrogen and oxygen atoms in total. The van der Waals surface area contributed by atoms with Crippen molar-refractivity contribution in [2.75, 3.05) is 25.7 Å². The van der Waals surface area contributed by atoms with Gasteiger partial charge in [0.1, 0.15) is 0 Å². The van der Waals surface area contributed by atoms with Crippen molar-refractivity contribution in [3.63, 3.8) is 0 Å². The topological polar surface area (TPSA) is 81.9 Å². The van der Waals surface area contributed by atoms with E-state index in [2.05, 4.69) is 0 Å². The lowest BCUT2D eigenvalue weighted by Crippen LogP contribution is -2.28. The maximum Gasteiger partial charge on any atom is 0.227 e. The van der Waals surface area contributed by atoms with Gasteiger partial charge in [-0.3, -0.25) is 9.59 Å². The maximum absolute atomic E-state index is 11.9. The van der Waals surface area contributed by atoms with Crippen molar-refractivity contribution >= 4 is 17.5 Å². The molecule has 1 fully saturated rings. The molecule has 2 N–H and O–H groups in total. The van der Waals surface area contributed by atoms with Gasteiger partial charge in [0.05, 0.1) is 20.1 Å². The summed E-state index contributed by atoms with van der Waals surface area (Å²) in [5.41, 5.74) is 5.91. The van der Waals surface area contributed by atoms with Gasteiger partial charge in [-0.2, -0.15) is 0 Å². The largest absolute Gasteiger partial charge is 0.493 e. The highest BCUT2D eigenvalue weighted by Gasteiger charge is 2.34. The van der Waals surface area contributed by atoms with Crippen LogP contribution in [0.15, 0.2) is 18.2 Å². The molecule has 6 heteroatoms. The second kappa shape index (κ2) is 5.17. The third-order valence-corrected chi connectivity index (χ3v) is 3.21. The standard InChI is InChI=1S/C13H16N2O4/c1-18-10-4-3-9(6-11(10)19-2)15-7-8(13(14)17)5-12(15)16/h3-4,6,8H,5,7H2,1-2H3,(H2,14,17). The van der Waals surface area contributed by atoms with E-state index in [1.807, 2.05) is 0 Å². The summed E-state index contributed by atoms with van der Waals surface area (Å²) >= 11 is 0. The number of nitrogens with two attached hydrogens (primary N) is 1. The van der Waals surface area contributed by atoms with Crippen LogP contribution in [0, 0.1) is 5.92 Å². The number of benzene rings is 1. The van der Waals surface area contributed by atoms with E-state index in [0.717, 1.165) is 0 Å². The lowest BCUT2D eigenvalue weighted by molar-refractivity contribution is -0.123. The van der Waals surface area contributed by atoms with Crippen LogP contribution in [0.1, 0.15) is 6.42 Å². The van der Waals surface area contributed by atoms with E-state index >= 15 is 0 Å². The van der Waals surface area contributed by atoms with Crippen LogP contribution in [-0.4, -0.2) is 32.6 Å². The van der Waals surface area contributed by atoms with Gasteiger partial charge in [0, 0.05) is 24.7 Å². The van der Waals surface area contributed by atoms with E-state index in [9.17, 15) is 9.59 Å². The summed E-state index contributed by atoms with van der Waals surface area (Å²) < 4.78 is 10.3. The number of methoxy groups -OCH3 is 2. The van der Waals surface area contributed by atoms with Gasteiger partial charge in [0.15, 0.2) is 11.5 Å². The Morgan fingerprint density at radius 1 is 1.32 bits per heavy atom. The van der Waals surface area contributed by atoms with Crippen LogP contribution < -0.4 is 20.1 Å². The Morgan fingerprint density at radius 2 is 2.00 bits per heavy atom. The lowest BCUT2D eigenvalue weighted by atomic mass is 10.1. The number of hydrogen-bond acceptors (Lipinski definition) is 4. The zero-order valence-electron chi connectivity index (χ0n) is 10.9. The Balaban J connectivity index is 2.27. The number of primary amides is 1. The molecule has 1 saturated heterocycles. The Morgan fingerprint density at radius 3 is 2.53 bits per heavy atom. The molecule has 2 rings (SSSR count). The number of rotatable bonds is 4. The van der Waals surface area contributed by atoms with Gasteiger partial charge >= 0.3 is 0 Å². The predicted molar refractivity (Wildman–Crippen MR) is 69.2 cm³/mol. The molecule has 1 atom stereocenters. The molecule has 19 heavy (non-hydrogen) atoms. The molecule has 1 aromatic carbocycles. The smallest absolute Gasteiger partial charge is 0.227 e. The van der Waals surface area contributed by atoms with Crippen molar-refractivity contribution in [1.82, 2.24) is 0 Å². The van der Waals surface area contributed by atoms with E-state index in [1.54, 1.807) is 25.3 Å². The summed E-state index contributed by atoms with van der Waals surface area (Å²) in [6.45, 7) is 0.309. The highest BCUT2D eigenvalue weighted by Crippen LogP contribution is 2.33. The number of carbonyl (C=O) groups excluding carboxylic acids is 2. The molecule has 0 bridgehead atoms. The summed E-state index contributed by atoms with van der Waals surface area (Å²) in [5.74, 6) is 0.132. The molecule has 102 valence electrons. The third-order valence-electron chi connectivity index (χ3n) is 3.21. The van der Waals surface area contributed by atoms with E-state index in [4.69, 9.17) is 15.2 Å². The Kier molecular flexibility index (Phi) is 3.59. The van der Waals surface area contributed by atoms with Crippen molar-refractivity contribution in [3.05, 3.63) is 18.2 Å². The summed E-state index contributed by atoms with van der Waals surface area (Å²) in [4.78, 5) is 24.6. The zero-order valence-corrected chi connectivity index (χ0v) is 10.9. The molecule has 0 saturated carbocycles. The first-order chi connectivity index (χ1) is 9.06. The second-order valence-corrected chi connectivity index (χ2v) is 4.35. The van der Waals surface area contributed by atoms with Crippen LogP contribution in [0.5, 0.6) is 11.5 Å². The molecular weight excluding hydrogens is 248 g/mol. The number of ether oxygens (including phenoxy) is 2. The second-order valence-electron chi connectivity index (χ2n) is 4.35. The van der Waals surface area contributed by atoms with Gasteiger partial charge in [-0.1, -0.05) is 0 Å². The van der Waals surface area contributed by atoms with Crippen LogP contribution in [0.25, 0.3) is 0 Å². The van der Waals surface area contributed by atoms with Gasteiger partial charge in [0.25, 0.3) is 0 Å². The van der Waals surface area contributed by atoms with Crippen molar-refractivity contribution in [1.29, 1.82) is 0 Å². The highest BCUT2D eigenvalue weighted by atomic mass is 16.5. The van der Waals surface area contributed by atoms with Crippen molar-refractivity contribution < 1.29 is 19.1 Å². The Bertz CT molecular complexity index is 515. The van der Waals surface area contributed by atoms with Gasteiger partial charge in [-0.05, 0) is 12.1 Å². The average Bonchev–Trinajstić information content (AvgIpc) is 2.80. The monoisotopic (exact) mass is 264 g/mol.